The average molecular weight is 291 g/mol. The minimum absolute atomic E-state index is 0.427. The fourth-order valence-corrected chi connectivity index (χ4v) is 2.04. The predicted octanol–water partition coefficient (Wildman–Crippen LogP) is 4.90. The van der Waals surface area contributed by atoms with Gasteiger partial charge in [-0.1, -0.05) is 58.1 Å². The molecule has 0 aromatic heterocycles. The van der Waals surface area contributed by atoms with E-state index >= 15 is 0 Å². The summed E-state index contributed by atoms with van der Waals surface area (Å²) in [6.45, 7) is 6.38. The maximum atomic E-state index is 11.7. The zero-order valence-corrected chi connectivity index (χ0v) is 13.1. The van der Waals surface area contributed by atoms with Crippen LogP contribution in [0, 0.1) is 6.92 Å². The summed E-state index contributed by atoms with van der Waals surface area (Å²) in [4.78, 5) is 21.4. The van der Waals surface area contributed by atoms with Crippen molar-refractivity contribution in [3.63, 3.8) is 0 Å². The van der Waals surface area contributed by atoms with Crippen molar-refractivity contribution in [3.05, 3.63) is 42.3 Å². The molecule has 0 fully saturated rings. The maximum absolute atomic E-state index is 11.7. The van der Waals surface area contributed by atoms with Crippen molar-refractivity contribution in [2.75, 3.05) is 6.61 Å². The van der Waals surface area contributed by atoms with Crippen LogP contribution in [0.25, 0.3) is 0 Å². The molecule has 0 atom stereocenters. The van der Waals surface area contributed by atoms with Gasteiger partial charge in [0.1, 0.15) is 0 Å². The summed E-state index contributed by atoms with van der Waals surface area (Å²) in [6, 6.07) is 7.59. The first-order chi connectivity index (χ1) is 10.3. The Hall–Kier alpha value is -1.35. The molecular formula is C18H27O3. The van der Waals surface area contributed by atoms with Gasteiger partial charge in [0, 0.05) is 0 Å². The number of carbonyl (C=O) groups excluding carboxylic acids is 1. The Balaban J connectivity index is 2.27. The van der Waals surface area contributed by atoms with E-state index in [-0.39, 0.29) is 0 Å². The number of benzene rings is 1. The van der Waals surface area contributed by atoms with Gasteiger partial charge in [-0.2, -0.15) is 4.89 Å². The van der Waals surface area contributed by atoms with Crippen LogP contribution in [0.4, 0.5) is 0 Å². The zero-order chi connectivity index (χ0) is 15.3. The van der Waals surface area contributed by atoms with Crippen LogP contribution in [0.5, 0.6) is 0 Å². The van der Waals surface area contributed by atoms with Gasteiger partial charge in [0.15, 0.2) is 0 Å². The summed E-state index contributed by atoms with van der Waals surface area (Å²) < 4.78 is 0. The molecule has 117 valence electrons. The van der Waals surface area contributed by atoms with E-state index < -0.39 is 5.97 Å². The molecule has 1 radical (unpaired) electrons. The third kappa shape index (κ3) is 7.86. The minimum atomic E-state index is -0.429. The molecule has 1 aromatic carbocycles. The van der Waals surface area contributed by atoms with Gasteiger partial charge in [-0.05, 0) is 37.0 Å². The first kappa shape index (κ1) is 17.7. The molecule has 3 heteroatoms. The van der Waals surface area contributed by atoms with Crippen molar-refractivity contribution in [1.29, 1.82) is 0 Å². The lowest BCUT2D eigenvalue weighted by molar-refractivity contribution is -0.241. The van der Waals surface area contributed by atoms with Gasteiger partial charge >= 0.3 is 5.97 Å². The molecule has 0 aliphatic heterocycles. The molecule has 0 spiro atoms. The molecule has 0 amide bonds. The minimum Gasteiger partial charge on any atom is -0.293 e. The van der Waals surface area contributed by atoms with Crippen molar-refractivity contribution in [2.24, 2.45) is 0 Å². The largest absolute Gasteiger partial charge is 0.373 e. The zero-order valence-electron chi connectivity index (χ0n) is 13.1. The van der Waals surface area contributed by atoms with Crippen LogP contribution in [-0.4, -0.2) is 12.6 Å². The molecule has 0 saturated carbocycles. The van der Waals surface area contributed by atoms with Crippen LogP contribution in [0.3, 0.4) is 0 Å². The number of carbonyl (C=O) groups is 1. The molecule has 1 aromatic rings. The van der Waals surface area contributed by atoms with E-state index in [1.165, 1.54) is 31.2 Å². The van der Waals surface area contributed by atoms with Gasteiger partial charge in [-0.25, -0.2) is 4.79 Å². The second kappa shape index (κ2) is 11.3. The van der Waals surface area contributed by atoms with E-state index in [1.54, 1.807) is 12.1 Å². The number of rotatable bonds is 11. The number of hydrogen-bond donors (Lipinski definition) is 0. The predicted molar refractivity (Wildman–Crippen MR) is 84.9 cm³/mol. The highest BCUT2D eigenvalue weighted by atomic mass is 17.2. The van der Waals surface area contributed by atoms with E-state index in [4.69, 9.17) is 9.78 Å². The van der Waals surface area contributed by atoms with E-state index in [0.717, 1.165) is 25.7 Å². The molecule has 3 nitrogen and oxygen atoms in total. The highest BCUT2D eigenvalue weighted by molar-refractivity contribution is 5.88. The summed E-state index contributed by atoms with van der Waals surface area (Å²) in [6.07, 6.45) is 8.77. The highest BCUT2D eigenvalue weighted by Gasteiger charge is 2.08. The van der Waals surface area contributed by atoms with Gasteiger partial charge in [0.05, 0.1) is 12.2 Å². The van der Waals surface area contributed by atoms with Crippen LogP contribution in [0.15, 0.2) is 24.3 Å². The van der Waals surface area contributed by atoms with Gasteiger partial charge in [-0.3, -0.25) is 4.89 Å². The topological polar surface area (TPSA) is 35.5 Å². The summed E-state index contributed by atoms with van der Waals surface area (Å²) in [5.41, 5.74) is 1.79. The van der Waals surface area contributed by atoms with E-state index in [2.05, 4.69) is 13.8 Å². The van der Waals surface area contributed by atoms with E-state index in [0.29, 0.717) is 12.2 Å². The normalized spacial score (nSPS) is 10.6. The van der Waals surface area contributed by atoms with Crippen LogP contribution in [0.2, 0.25) is 0 Å². The molecule has 1 rings (SSSR count). The van der Waals surface area contributed by atoms with Crippen LogP contribution >= 0.6 is 0 Å². The average Bonchev–Trinajstić information content (AvgIpc) is 2.52. The molecule has 0 aliphatic carbocycles. The van der Waals surface area contributed by atoms with Crippen LogP contribution < -0.4 is 0 Å². The van der Waals surface area contributed by atoms with Crippen LogP contribution in [-0.2, 0) is 16.2 Å². The van der Waals surface area contributed by atoms with E-state index in [1.807, 2.05) is 12.1 Å². The van der Waals surface area contributed by atoms with Gasteiger partial charge in [0.25, 0.3) is 0 Å². The third-order valence-electron chi connectivity index (χ3n) is 3.37. The van der Waals surface area contributed by atoms with Crippen molar-refractivity contribution in [3.8, 4) is 0 Å². The van der Waals surface area contributed by atoms with Gasteiger partial charge in [0.2, 0.25) is 0 Å². The smallest absolute Gasteiger partial charge is 0.293 e. The maximum Gasteiger partial charge on any atom is 0.373 e. The lowest BCUT2D eigenvalue weighted by Crippen LogP contribution is -2.07. The lowest BCUT2D eigenvalue weighted by Gasteiger charge is -2.05. The summed E-state index contributed by atoms with van der Waals surface area (Å²) in [7, 11) is 0. The summed E-state index contributed by atoms with van der Waals surface area (Å²) in [5, 5.41) is 0. The Kier molecular flexibility index (Phi) is 9.55. The standard InChI is InChI=1S/C18H27O3/c1-3-5-7-8-10-16-11-13-17(14-12-16)18(19)21-20-15-9-6-4-2/h11-14H,2-10,15H2,1H3. The lowest BCUT2D eigenvalue weighted by atomic mass is 10.0. The molecule has 0 bridgehead atoms. The molecular weight excluding hydrogens is 264 g/mol. The second-order valence-electron chi connectivity index (χ2n) is 5.26. The Morgan fingerprint density at radius 3 is 2.48 bits per heavy atom. The Morgan fingerprint density at radius 1 is 1.05 bits per heavy atom. The van der Waals surface area contributed by atoms with Gasteiger partial charge < -0.3 is 0 Å². The van der Waals surface area contributed by atoms with E-state index in [9.17, 15) is 4.79 Å². The fourth-order valence-electron chi connectivity index (χ4n) is 2.04. The quantitative estimate of drug-likeness (QED) is 0.330. The Labute approximate surface area is 128 Å². The summed E-state index contributed by atoms with van der Waals surface area (Å²) >= 11 is 0. The van der Waals surface area contributed by atoms with Crippen molar-refractivity contribution in [2.45, 2.75) is 58.3 Å². The first-order valence-corrected chi connectivity index (χ1v) is 8.00. The number of hydrogen-bond acceptors (Lipinski definition) is 3. The van der Waals surface area contributed by atoms with Crippen molar-refractivity contribution >= 4 is 5.97 Å². The Bertz CT molecular complexity index is 384. The Morgan fingerprint density at radius 2 is 1.81 bits per heavy atom. The van der Waals surface area contributed by atoms with Gasteiger partial charge in [-0.15, -0.1) is 0 Å². The summed E-state index contributed by atoms with van der Waals surface area (Å²) in [5.74, 6) is -0.429. The molecule has 21 heavy (non-hydrogen) atoms. The molecule has 0 saturated heterocycles. The first-order valence-electron chi connectivity index (χ1n) is 8.00. The number of unbranched alkanes of at least 4 members (excludes halogenated alkanes) is 5. The van der Waals surface area contributed by atoms with Crippen molar-refractivity contribution in [1.82, 2.24) is 0 Å². The molecule has 0 heterocycles. The second-order valence-corrected chi connectivity index (χ2v) is 5.26. The van der Waals surface area contributed by atoms with Crippen molar-refractivity contribution < 1.29 is 14.6 Å². The number of aryl methyl sites for hydroxylation is 1. The molecule has 0 N–H and O–H groups in total. The third-order valence-corrected chi connectivity index (χ3v) is 3.37. The van der Waals surface area contributed by atoms with Crippen LogP contribution in [0.1, 0.15) is 67.8 Å². The highest BCUT2D eigenvalue weighted by Crippen LogP contribution is 2.11. The SMILES string of the molecule is [CH2]CCCCOOC(=O)c1ccc(CCCCCC)cc1. The molecule has 0 unspecified atom stereocenters. The fraction of sp³-hybridized carbons (Fsp3) is 0.556. The molecule has 0 aliphatic rings. The monoisotopic (exact) mass is 291 g/mol.